The third-order valence-corrected chi connectivity index (χ3v) is 2.25. The Labute approximate surface area is 101 Å². The number of hydrogen-bond donors (Lipinski definition) is 3. The van der Waals surface area contributed by atoms with E-state index in [2.05, 4.69) is 0 Å². The normalized spacial score (nSPS) is 13.8. The Balaban J connectivity index is 2.78. The first-order valence-electron chi connectivity index (χ1n) is 4.93. The highest BCUT2D eigenvalue weighted by Crippen LogP contribution is 2.11. The minimum Gasteiger partial charge on any atom is -0.479 e. The van der Waals surface area contributed by atoms with Crippen molar-refractivity contribution in [1.29, 1.82) is 0 Å². The fourth-order valence-corrected chi connectivity index (χ4v) is 1.10. The van der Waals surface area contributed by atoms with Crippen LogP contribution in [0.1, 0.15) is 17.3 Å². The second-order valence-electron chi connectivity index (χ2n) is 3.86. The third kappa shape index (κ3) is 3.01. The molecule has 0 radical (unpaired) electrons. The van der Waals surface area contributed by atoms with Crippen molar-refractivity contribution in [3.05, 3.63) is 35.4 Å². The lowest BCUT2D eigenvalue weighted by molar-refractivity contribution is -0.155. The number of benzene rings is 1. The number of amides is 1. The van der Waals surface area contributed by atoms with E-state index in [9.17, 15) is 23.5 Å². The van der Waals surface area contributed by atoms with Gasteiger partial charge >= 0.3 is 5.97 Å². The van der Waals surface area contributed by atoms with Crippen molar-refractivity contribution >= 4 is 11.9 Å². The summed E-state index contributed by atoms with van der Waals surface area (Å²) >= 11 is 0. The van der Waals surface area contributed by atoms with Crippen molar-refractivity contribution in [3.63, 3.8) is 0 Å². The summed E-state index contributed by atoms with van der Waals surface area (Å²) in [4.78, 5) is 22.0. The van der Waals surface area contributed by atoms with E-state index in [4.69, 9.17) is 5.11 Å². The smallest absolute Gasteiger partial charge is 0.337 e. The van der Waals surface area contributed by atoms with Crippen LogP contribution in [0, 0.1) is 11.6 Å². The zero-order valence-electron chi connectivity index (χ0n) is 9.41. The summed E-state index contributed by atoms with van der Waals surface area (Å²) in [6.45, 7) is 0.342. The summed E-state index contributed by atoms with van der Waals surface area (Å²) in [5, 5.41) is 19.9. The average Bonchev–Trinajstić information content (AvgIpc) is 2.29. The molecule has 0 fully saturated rings. The van der Waals surface area contributed by atoms with Gasteiger partial charge < -0.3 is 15.5 Å². The van der Waals surface area contributed by atoms with Crippen LogP contribution in [0.5, 0.6) is 0 Å². The molecule has 0 aliphatic rings. The standard InChI is InChI=1S/C11H11F2NO4/c1-11(18,10(16)17)5-14-9(15)6-3-2-4-7(12)8(6)13/h2-4,18H,5H2,1H3,(H,14,15)(H,16,17). The quantitative estimate of drug-likeness (QED) is 0.736. The van der Waals surface area contributed by atoms with Crippen molar-refractivity contribution in [2.45, 2.75) is 12.5 Å². The number of aliphatic carboxylic acids is 1. The highest BCUT2D eigenvalue weighted by atomic mass is 19.2. The lowest BCUT2D eigenvalue weighted by Crippen LogP contribution is -2.46. The monoisotopic (exact) mass is 259 g/mol. The molecular formula is C11H11F2NO4. The first kappa shape index (κ1) is 14.0. The number of carboxylic acids is 1. The Morgan fingerprint density at radius 2 is 2.00 bits per heavy atom. The number of carbonyl (C=O) groups excluding carboxylic acids is 1. The van der Waals surface area contributed by atoms with E-state index in [1.165, 1.54) is 0 Å². The summed E-state index contributed by atoms with van der Waals surface area (Å²) in [5.41, 5.74) is -2.74. The summed E-state index contributed by atoms with van der Waals surface area (Å²) in [6.07, 6.45) is 0. The van der Waals surface area contributed by atoms with E-state index in [0.29, 0.717) is 0 Å². The van der Waals surface area contributed by atoms with Crippen LogP contribution < -0.4 is 5.32 Å². The predicted molar refractivity (Wildman–Crippen MR) is 57.0 cm³/mol. The van der Waals surface area contributed by atoms with Crippen molar-refractivity contribution in [2.24, 2.45) is 0 Å². The SMILES string of the molecule is CC(O)(CNC(=O)c1cccc(F)c1F)C(=O)O. The van der Waals surface area contributed by atoms with Gasteiger partial charge in [-0.25, -0.2) is 13.6 Å². The second kappa shape index (κ2) is 5.09. The van der Waals surface area contributed by atoms with Gasteiger partial charge in [-0.3, -0.25) is 4.79 Å². The second-order valence-corrected chi connectivity index (χ2v) is 3.86. The topological polar surface area (TPSA) is 86.6 Å². The molecule has 1 aromatic rings. The molecule has 0 aliphatic heterocycles. The number of nitrogens with one attached hydrogen (secondary N) is 1. The number of hydrogen-bond acceptors (Lipinski definition) is 3. The van der Waals surface area contributed by atoms with Crippen LogP contribution in [0.25, 0.3) is 0 Å². The van der Waals surface area contributed by atoms with Crippen LogP contribution in [0.2, 0.25) is 0 Å². The fraction of sp³-hybridized carbons (Fsp3) is 0.273. The van der Waals surface area contributed by atoms with Crippen molar-refractivity contribution in [2.75, 3.05) is 6.54 Å². The molecule has 98 valence electrons. The van der Waals surface area contributed by atoms with Gasteiger partial charge in [0.15, 0.2) is 17.2 Å². The van der Waals surface area contributed by atoms with E-state index in [-0.39, 0.29) is 0 Å². The maximum atomic E-state index is 13.2. The van der Waals surface area contributed by atoms with Crippen LogP contribution in [0.3, 0.4) is 0 Å². The van der Waals surface area contributed by atoms with Crippen LogP contribution in [0.15, 0.2) is 18.2 Å². The minimum atomic E-state index is -2.18. The number of halogens is 2. The number of rotatable bonds is 4. The number of carboxylic acid groups (broad SMARTS) is 1. The molecule has 7 heteroatoms. The van der Waals surface area contributed by atoms with Crippen LogP contribution >= 0.6 is 0 Å². The zero-order valence-corrected chi connectivity index (χ0v) is 9.41. The molecule has 1 amide bonds. The van der Waals surface area contributed by atoms with E-state index in [1.807, 2.05) is 5.32 Å². The number of carbonyl (C=O) groups is 2. The fourth-order valence-electron chi connectivity index (χ4n) is 1.10. The molecule has 1 unspecified atom stereocenters. The Morgan fingerprint density at radius 1 is 1.39 bits per heavy atom. The molecule has 0 aliphatic carbocycles. The molecule has 0 aromatic heterocycles. The Hall–Kier alpha value is -2.02. The largest absolute Gasteiger partial charge is 0.479 e. The first-order chi connectivity index (χ1) is 8.25. The van der Waals surface area contributed by atoms with E-state index in [1.54, 1.807) is 0 Å². The highest BCUT2D eigenvalue weighted by molar-refractivity contribution is 5.94. The summed E-state index contributed by atoms with van der Waals surface area (Å²) in [5.74, 6) is -5.06. The summed E-state index contributed by atoms with van der Waals surface area (Å²) in [7, 11) is 0. The molecule has 18 heavy (non-hydrogen) atoms. The molecule has 0 bridgehead atoms. The molecular weight excluding hydrogens is 248 g/mol. The van der Waals surface area contributed by atoms with Gasteiger partial charge in [-0.2, -0.15) is 0 Å². The molecule has 0 heterocycles. The van der Waals surface area contributed by atoms with Crippen molar-refractivity contribution < 1.29 is 28.6 Å². The van der Waals surface area contributed by atoms with Crippen molar-refractivity contribution in [3.8, 4) is 0 Å². The molecule has 0 spiro atoms. The molecule has 1 rings (SSSR count). The molecule has 1 aromatic carbocycles. The average molecular weight is 259 g/mol. The summed E-state index contributed by atoms with van der Waals surface area (Å²) < 4.78 is 26.1. The highest BCUT2D eigenvalue weighted by Gasteiger charge is 2.30. The van der Waals surface area contributed by atoms with E-state index < -0.39 is 41.2 Å². The Bertz CT molecular complexity index is 488. The van der Waals surface area contributed by atoms with Gasteiger partial charge in [0.2, 0.25) is 0 Å². The van der Waals surface area contributed by atoms with E-state index in [0.717, 1.165) is 25.1 Å². The van der Waals surface area contributed by atoms with Gasteiger partial charge in [-0.1, -0.05) is 6.07 Å². The molecule has 0 saturated heterocycles. The van der Waals surface area contributed by atoms with Gasteiger partial charge in [-0.05, 0) is 19.1 Å². The Kier molecular flexibility index (Phi) is 3.97. The van der Waals surface area contributed by atoms with Crippen molar-refractivity contribution in [1.82, 2.24) is 5.32 Å². The lowest BCUT2D eigenvalue weighted by atomic mass is 10.1. The molecule has 0 saturated carbocycles. The van der Waals surface area contributed by atoms with Crippen LogP contribution in [-0.4, -0.2) is 34.2 Å². The van der Waals surface area contributed by atoms with Gasteiger partial charge in [0.05, 0.1) is 12.1 Å². The molecule has 3 N–H and O–H groups in total. The van der Waals surface area contributed by atoms with Crippen LogP contribution in [-0.2, 0) is 4.79 Å². The minimum absolute atomic E-state index is 0.559. The molecule has 5 nitrogen and oxygen atoms in total. The first-order valence-corrected chi connectivity index (χ1v) is 4.93. The predicted octanol–water partition coefficient (Wildman–Crippen LogP) is 0.530. The zero-order chi connectivity index (χ0) is 13.9. The van der Waals surface area contributed by atoms with Gasteiger partial charge in [-0.15, -0.1) is 0 Å². The number of aliphatic hydroxyl groups is 1. The molecule has 1 atom stereocenters. The van der Waals surface area contributed by atoms with Gasteiger partial charge in [0.25, 0.3) is 5.91 Å². The van der Waals surface area contributed by atoms with Gasteiger partial charge in [0.1, 0.15) is 0 Å². The third-order valence-electron chi connectivity index (χ3n) is 2.25. The Morgan fingerprint density at radius 3 is 2.56 bits per heavy atom. The maximum absolute atomic E-state index is 13.2. The van der Waals surface area contributed by atoms with Crippen LogP contribution in [0.4, 0.5) is 8.78 Å². The van der Waals surface area contributed by atoms with Gasteiger partial charge in [0, 0.05) is 0 Å². The van der Waals surface area contributed by atoms with E-state index >= 15 is 0 Å². The lowest BCUT2D eigenvalue weighted by Gasteiger charge is -2.18. The summed E-state index contributed by atoms with van der Waals surface area (Å²) in [6, 6.07) is 3.03. The maximum Gasteiger partial charge on any atom is 0.337 e.